The molecule has 3 saturated heterocycles. The van der Waals surface area contributed by atoms with Crippen molar-refractivity contribution in [2.45, 2.75) is 107 Å². The number of halogens is 1. The van der Waals surface area contributed by atoms with Gasteiger partial charge in [-0.05, 0) is 44.9 Å². The van der Waals surface area contributed by atoms with Crippen molar-refractivity contribution in [2.24, 2.45) is 5.92 Å². The average molecular weight is 835 g/mol. The predicted octanol–water partition coefficient (Wildman–Crippen LogP) is 3.05. The third-order valence-electron chi connectivity index (χ3n) is 11.1. The van der Waals surface area contributed by atoms with E-state index in [1.165, 1.54) is 49.8 Å². The Morgan fingerprint density at radius 2 is 1.91 bits per heavy atom. The molecule has 0 aromatic heterocycles. The number of amides is 5. The number of ether oxygens (including phenoxy) is 5. The third-order valence-corrected chi connectivity index (χ3v) is 12.7. The molecule has 4 bridgehead atoms. The highest BCUT2D eigenvalue weighted by molar-refractivity contribution is 8.00. The number of likely N-dealkylation sites (N-methyl/N-ethyl adjacent to an activating group) is 1. The monoisotopic (exact) mass is 834 g/mol. The lowest BCUT2D eigenvalue weighted by molar-refractivity contribution is -0.162. The molecule has 3 N–H and O–H groups in total. The van der Waals surface area contributed by atoms with Gasteiger partial charge in [-0.1, -0.05) is 42.3 Å². The van der Waals surface area contributed by atoms with Crippen LogP contribution in [0.5, 0.6) is 5.75 Å². The van der Waals surface area contributed by atoms with Crippen molar-refractivity contribution in [3.05, 3.63) is 46.5 Å². The van der Waals surface area contributed by atoms with Crippen LogP contribution in [-0.4, -0.2) is 127 Å². The van der Waals surface area contributed by atoms with Crippen LogP contribution in [0, 0.1) is 5.92 Å². The van der Waals surface area contributed by atoms with Crippen LogP contribution in [0.3, 0.4) is 0 Å². The number of alkyl carbamates (subject to hydrolysis) is 1. The number of aliphatic hydroxyl groups is 1. The molecule has 0 aliphatic carbocycles. The standard InChI is InChI=1S/C39H51ClN4O12S/c1-20-10-9-11-28(53-8)39(51)19-26(54-37(50)42-39)21(2)34-38(4,56-34)29(18-32(47)44(6)24-15-23(14-20)16-25(52-7)33(24)40)55-36(49)22(3)43(5)31(46)12-13-57-27-17-30(45)41-35(27)48/h9-11,15-16,21-22,26-29,34,51H,12-14,17-19H2,1-8H3,(H,42,50)(H,41,45,48)/b11-9+,20-10+/t21-,22+,26+,27?,28-,29+,34+,38?,39+/m1/s1. The highest BCUT2D eigenvalue weighted by Gasteiger charge is 2.64. The quantitative estimate of drug-likeness (QED) is 0.186. The predicted molar refractivity (Wildman–Crippen MR) is 210 cm³/mol. The molecule has 0 saturated carbocycles. The number of allylic oxidation sites excluding steroid dienone is 3. The van der Waals surface area contributed by atoms with Gasteiger partial charge in [0.2, 0.25) is 23.6 Å². The maximum atomic E-state index is 14.2. The Labute approximate surface area is 340 Å². The normalized spacial score (nSPS) is 32.5. The first-order valence-corrected chi connectivity index (χ1v) is 20.0. The molecule has 3 fully saturated rings. The second kappa shape index (κ2) is 17.8. The summed E-state index contributed by atoms with van der Waals surface area (Å²) in [5.41, 5.74) is -1.08. The zero-order chi connectivity index (χ0) is 42.0. The van der Waals surface area contributed by atoms with Crippen LogP contribution < -0.4 is 20.3 Å². The molecule has 5 rings (SSSR count). The number of fused-ring (bicyclic) bond motifs is 5. The topological polar surface area (TPSA) is 203 Å². The van der Waals surface area contributed by atoms with E-state index in [2.05, 4.69) is 10.6 Å². The molecule has 1 aromatic carbocycles. The van der Waals surface area contributed by atoms with Crippen molar-refractivity contribution in [2.75, 3.05) is 39.0 Å². The number of anilines is 1. The smallest absolute Gasteiger partial charge is 0.409 e. The van der Waals surface area contributed by atoms with Crippen LogP contribution in [0.1, 0.15) is 58.9 Å². The number of nitrogens with one attached hydrogen (secondary N) is 2. The van der Waals surface area contributed by atoms with Crippen LogP contribution in [0.2, 0.25) is 5.02 Å². The second-order valence-electron chi connectivity index (χ2n) is 15.1. The van der Waals surface area contributed by atoms with E-state index in [9.17, 15) is 33.9 Å². The largest absolute Gasteiger partial charge is 0.495 e. The fourth-order valence-electron chi connectivity index (χ4n) is 7.35. The highest BCUT2D eigenvalue weighted by atomic mass is 35.5. The number of methoxy groups -OCH3 is 2. The highest BCUT2D eigenvalue weighted by Crippen LogP contribution is 2.49. The number of thioether (sulfide) groups is 1. The lowest BCUT2D eigenvalue weighted by Crippen LogP contribution is -2.63. The summed E-state index contributed by atoms with van der Waals surface area (Å²) < 4.78 is 29.2. The Balaban J connectivity index is 1.44. The van der Waals surface area contributed by atoms with Gasteiger partial charge in [0.05, 0.1) is 30.6 Å². The Hall–Kier alpha value is -4.16. The molecular formula is C39H51ClN4O12S. The summed E-state index contributed by atoms with van der Waals surface area (Å²) in [4.78, 5) is 80.1. The molecule has 16 nitrogen and oxygen atoms in total. The van der Waals surface area contributed by atoms with Crippen molar-refractivity contribution >= 4 is 64.7 Å². The minimum Gasteiger partial charge on any atom is -0.495 e. The molecule has 57 heavy (non-hydrogen) atoms. The Kier molecular flexibility index (Phi) is 13.7. The van der Waals surface area contributed by atoms with Gasteiger partial charge in [-0.15, -0.1) is 11.8 Å². The van der Waals surface area contributed by atoms with Gasteiger partial charge in [0, 0.05) is 52.1 Å². The van der Waals surface area contributed by atoms with E-state index in [4.69, 9.17) is 35.3 Å². The Bertz CT molecular complexity index is 1840. The van der Waals surface area contributed by atoms with Gasteiger partial charge in [0.15, 0.2) is 5.72 Å². The summed E-state index contributed by atoms with van der Waals surface area (Å²) in [6.07, 6.45) is 0.609. The molecule has 0 radical (unpaired) electrons. The molecular weight excluding hydrogens is 784 g/mol. The van der Waals surface area contributed by atoms with Crippen molar-refractivity contribution in [1.82, 2.24) is 15.5 Å². The van der Waals surface area contributed by atoms with Crippen LogP contribution in [0.25, 0.3) is 0 Å². The summed E-state index contributed by atoms with van der Waals surface area (Å²) in [6, 6.07) is 2.45. The lowest BCUT2D eigenvalue weighted by atomic mass is 9.83. The van der Waals surface area contributed by atoms with Crippen LogP contribution in [-0.2, 0) is 49.3 Å². The van der Waals surface area contributed by atoms with Gasteiger partial charge < -0.3 is 38.6 Å². The Morgan fingerprint density at radius 1 is 1.19 bits per heavy atom. The molecule has 0 spiro atoms. The number of imide groups is 1. The van der Waals surface area contributed by atoms with Gasteiger partial charge in [-0.2, -0.15) is 0 Å². The number of hydrogen-bond acceptors (Lipinski definition) is 13. The van der Waals surface area contributed by atoms with Gasteiger partial charge >= 0.3 is 12.1 Å². The van der Waals surface area contributed by atoms with E-state index in [-0.39, 0.29) is 42.4 Å². The maximum Gasteiger partial charge on any atom is 0.409 e. The minimum atomic E-state index is -1.86. The molecule has 9 atom stereocenters. The van der Waals surface area contributed by atoms with E-state index in [1.54, 1.807) is 45.2 Å². The molecule has 4 heterocycles. The van der Waals surface area contributed by atoms with Gasteiger partial charge in [-0.3, -0.25) is 29.8 Å². The second-order valence-corrected chi connectivity index (χ2v) is 16.8. The first-order valence-electron chi connectivity index (χ1n) is 18.6. The molecule has 1 aromatic rings. The lowest BCUT2D eigenvalue weighted by Gasteiger charge is -2.42. The molecule has 18 heteroatoms. The number of benzene rings is 1. The number of carbonyl (C=O) groups is 6. The number of epoxide rings is 1. The average Bonchev–Trinajstić information content (AvgIpc) is 3.75. The van der Waals surface area contributed by atoms with E-state index < -0.39 is 82.7 Å². The number of nitrogens with zero attached hydrogens (tertiary/aromatic N) is 2. The van der Waals surface area contributed by atoms with E-state index in [0.29, 0.717) is 17.9 Å². The third kappa shape index (κ3) is 9.76. The summed E-state index contributed by atoms with van der Waals surface area (Å²) in [6.45, 7) is 6.86. The summed E-state index contributed by atoms with van der Waals surface area (Å²) in [7, 11) is 5.88. The van der Waals surface area contributed by atoms with Crippen LogP contribution in [0.4, 0.5) is 10.5 Å². The zero-order valence-corrected chi connectivity index (χ0v) is 34.9. The summed E-state index contributed by atoms with van der Waals surface area (Å²) in [5.74, 6) is -2.41. The van der Waals surface area contributed by atoms with Gasteiger partial charge in [0.25, 0.3) is 0 Å². The van der Waals surface area contributed by atoms with Gasteiger partial charge in [0.1, 0.15) is 40.7 Å². The molecule has 4 aliphatic heterocycles. The van der Waals surface area contributed by atoms with Gasteiger partial charge in [-0.25, -0.2) is 9.59 Å². The number of carbonyl (C=O) groups excluding carboxylic acids is 6. The SMILES string of the molecule is COc1cc2cc(c1Cl)N(C)C(=O)C[C@H](OC(=O)[C@H](C)N(C)C(=O)CCSC1CC(=O)NC1=O)C1(C)O[C@H]1[C@H](C)[C@@H]1C[C@@](O)(NC(=O)O1)[C@H](OC)/C=C/C=C(\C)C2. The molecule has 4 aliphatic rings. The fourth-order valence-corrected chi connectivity index (χ4v) is 8.72. The first kappa shape index (κ1) is 44.0. The van der Waals surface area contributed by atoms with E-state index >= 15 is 0 Å². The van der Waals surface area contributed by atoms with Crippen molar-refractivity contribution < 1.29 is 57.6 Å². The maximum absolute atomic E-state index is 14.2. The number of rotatable bonds is 9. The summed E-state index contributed by atoms with van der Waals surface area (Å²) in [5, 5.41) is 16.1. The van der Waals surface area contributed by atoms with Crippen molar-refractivity contribution in [3.8, 4) is 5.75 Å². The number of hydrogen-bond donors (Lipinski definition) is 3. The van der Waals surface area contributed by atoms with Crippen molar-refractivity contribution in [3.63, 3.8) is 0 Å². The summed E-state index contributed by atoms with van der Waals surface area (Å²) >= 11 is 7.94. The number of esters is 1. The van der Waals surface area contributed by atoms with E-state index in [1.807, 2.05) is 13.0 Å². The molecule has 5 amide bonds. The fraction of sp³-hybridized carbons (Fsp3) is 0.590. The Morgan fingerprint density at radius 3 is 2.56 bits per heavy atom. The zero-order valence-electron chi connectivity index (χ0n) is 33.3. The van der Waals surface area contributed by atoms with Crippen LogP contribution >= 0.6 is 23.4 Å². The molecule has 312 valence electrons. The first-order chi connectivity index (χ1) is 26.8. The van der Waals surface area contributed by atoms with Crippen molar-refractivity contribution in [1.29, 1.82) is 0 Å². The minimum absolute atomic E-state index is 0.0104. The van der Waals surface area contributed by atoms with Crippen LogP contribution in [0.15, 0.2) is 35.9 Å². The molecule has 2 unspecified atom stereocenters. The van der Waals surface area contributed by atoms with E-state index in [0.717, 1.165) is 11.1 Å².